The van der Waals surface area contributed by atoms with Crippen LogP contribution in [0, 0.1) is 27.7 Å². The van der Waals surface area contributed by atoms with E-state index in [1.54, 1.807) is 0 Å². The van der Waals surface area contributed by atoms with Gasteiger partial charge in [-0.2, -0.15) is 0 Å². The highest BCUT2D eigenvalue weighted by Gasteiger charge is 2.42. The zero-order valence-corrected chi connectivity index (χ0v) is 23.8. The van der Waals surface area contributed by atoms with E-state index in [1.807, 2.05) is 73.9 Å². The lowest BCUT2D eigenvalue weighted by molar-refractivity contribution is 0.479. The van der Waals surface area contributed by atoms with Crippen molar-refractivity contribution in [2.24, 2.45) is 0 Å². The SMILES string of the molecule is Cc1ccccc1Oc1ccc(N2C(=S)NC(c3ccccn3)C2c2cc(C)n(-c3ncccc3C)c2C)cc1. The van der Waals surface area contributed by atoms with Gasteiger partial charge < -0.3 is 19.5 Å². The molecule has 1 aliphatic heterocycles. The van der Waals surface area contributed by atoms with E-state index >= 15 is 0 Å². The van der Waals surface area contributed by atoms with E-state index < -0.39 is 0 Å². The van der Waals surface area contributed by atoms with E-state index in [0.29, 0.717) is 5.11 Å². The van der Waals surface area contributed by atoms with Crippen LogP contribution in [0.1, 0.15) is 45.9 Å². The van der Waals surface area contributed by atoms with Gasteiger partial charge in [-0.3, -0.25) is 4.98 Å². The van der Waals surface area contributed by atoms with Crippen molar-refractivity contribution < 1.29 is 4.74 Å². The molecule has 7 heteroatoms. The van der Waals surface area contributed by atoms with Gasteiger partial charge in [-0.1, -0.05) is 30.3 Å². The van der Waals surface area contributed by atoms with Crippen LogP contribution in [0.2, 0.25) is 0 Å². The summed E-state index contributed by atoms with van der Waals surface area (Å²) in [4.78, 5) is 11.6. The van der Waals surface area contributed by atoms with Gasteiger partial charge in [-0.05, 0) is 111 Å². The fourth-order valence-electron chi connectivity index (χ4n) is 5.55. The number of nitrogens with one attached hydrogen (secondary N) is 1. The standard InChI is InChI=1S/C33H31N5OS/c1-21-10-5-6-13-29(21)39-26-16-14-25(15-17-26)38-31(30(36-33(38)40)28-12-7-8-18-34-28)27-20-23(3)37(24(27)4)32-22(2)11-9-19-35-32/h5-20,30-31H,1-4H3,(H,36,40). The summed E-state index contributed by atoms with van der Waals surface area (Å²) in [6, 6.07) is 28.2. The van der Waals surface area contributed by atoms with E-state index in [4.69, 9.17) is 26.9 Å². The molecule has 0 amide bonds. The molecule has 0 spiro atoms. The molecule has 2 atom stereocenters. The first-order chi connectivity index (χ1) is 19.4. The Bertz CT molecular complexity index is 1680. The Hall–Kier alpha value is -4.49. The number of para-hydroxylation sites is 1. The van der Waals surface area contributed by atoms with E-state index in [-0.39, 0.29) is 12.1 Å². The molecule has 0 saturated carbocycles. The number of ether oxygens (including phenoxy) is 1. The van der Waals surface area contributed by atoms with Crippen molar-refractivity contribution in [3.63, 3.8) is 0 Å². The minimum atomic E-state index is -0.129. The Kier molecular flexibility index (Phi) is 6.82. The smallest absolute Gasteiger partial charge is 0.174 e. The van der Waals surface area contributed by atoms with Gasteiger partial charge in [0, 0.05) is 29.5 Å². The van der Waals surface area contributed by atoms with Gasteiger partial charge in [0.2, 0.25) is 0 Å². The summed E-state index contributed by atoms with van der Waals surface area (Å²) in [5.74, 6) is 2.56. The molecule has 1 fully saturated rings. The summed E-state index contributed by atoms with van der Waals surface area (Å²) in [5, 5.41) is 4.23. The molecule has 1 N–H and O–H groups in total. The maximum atomic E-state index is 6.17. The Morgan fingerprint density at radius 1 is 0.800 bits per heavy atom. The molecule has 6 nitrogen and oxygen atoms in total. The van der Waals surface area contributed by atoms with Crippen LogP contribution in [0.15, 0.2) is 97.3 Å². The normalized spacial score (nSPS) is 16.7. The van der Waals surface area contributed by atoms with Gasteiger partial charge >= 0.3 is 0 Å². The average molecular weight is 546 g/mol. The number of rotatable bonds is 6. The number of pyridine rings is 2. The highest BCUT2D eigenvalue weighted by Crippen LogP contribution is 2.44. The monoisotopic (exact) mass is 545 g/mol. The van der Waals surface area contributed by atoms with Crippen LogP contribution in [0.4, 0.5) is 5.69 Å². The van der Waals surface area contributed by atoms with Gasteiger partial charge in [0.1, 0.15) is 17.3 Å². The van der Waals surface area contributed by atoms with Crippen molar-refractivity contribution in [2.45, 2.75) is 39.8 Å². The number of hydrogen-bond donors (Lipinski definition) is 1. The maximum absolute atomic E-state index is 6.17. The van der Waals surface area contributed by atoms with Gasteiger partial charge in [-0.25, -0.2) is 4.98 Å². The molecule has 6 rings (SSSR count). The molecule has 200 valence electrons. The Morgan fingerprint density at radius 3 is 2.25 bits per heavy atom. The van der Waals surface area contributed by atoms with Crippen LogP contribution < -0.4 is 15.0 Å². The van der Waals surface area contributed by atoms with Crippen LogP contribution in [0.25, 0.3) is 5.82 Å². The third-order valence-corrected chi connectivity index (χ3v) is 7.83. The number of benzene rings is 2. The van der Waals surface area contributed by atoms with Crippen LogP contribution in [0.5, 0.6) is 11.5 Å². The van der Waals surface area contributed by atoms with E-state index in [2.05, 4.69) is 65.9 Å². The van der Waals surface area contributed by atoms with Crippen molar-refractivity contribution in [3.8, 4) is 17.3 Å². The number of thiocarbonyl (C=S) groups is 1. The fourth-order valence-corrected chi connectivity index (χ4v) is 5.89. The quantitative estimate of drug-likeness (QED) is 0.223. The van der Waals surface area contributed by atoms with E-state index in [0.717, 1.165) is 51.2 Å². The summed E-state index contributed by atoms with van der Waals surface area (Å²) in [5.41, 5.74) is 7.56. The maximum Gasteiger partial charge on any atom is 0.174 e. The average Bonchev–Trinajstić information content (AvgIpc) is 3.46. The van der Waals surface area contributed by atoms with Gasteiger partial charge in [0.05, 0.1) is 17.8 Å². The number of nitrogens with zero attached hydrogens (tertiary/aromatic N) is 4. The minimum Gasteiger partial charge on any atom is -0.457 e. The van der Waals surface area contributed by atoms with E-state index in [1.165, 1.54) is 5.56 Å². The Balaban J connectivity index is 1.42. The van der Waals surface area contributed by atoms with Crippen molar-refractivity contribution >= 4 is 23.0 Å². The first kappa shape index (κ1) is 25.8. The number of hydrogen-bond acceptors (Lipinski definition) is 4. The second kappa shape index (κ2) is 10.6. The molecule has 0 aliphatic carbocycles. The van der Waals surface area contributed by atoms with Crippen molar-refractivity contribution in [2.75, 3.05) is 4.90 Å². The number of anilines is 1. The highest BCUT2D eigenvalue weighted by molar-refractivity contribution is 7.80. The van der Waals surface area contributed by atoms with Crippen LogP contribution >= 0.6 is 12.2 Å². The molecule has 0 radical (unpaired) electrons. The predicted octanol–water partition coefficient (Wildman–Crippen LogP) is 7.47. The molecule has 1 saturated heterocycles. The van der Waals surface area contributed by atoms with E-state index in [9.17, 15) is 0 Å². The zero-order valence-electron chi connectivity index (χ0n) is 23.0. The summed E-state index contributed by atoms with van der Waals surface area (Å²) in [7, 11) is 0. The molecule has 4 heterocycles. The topological polar surface area (TPSA) is 55.2 Å². The second-order valence-electron chi connectivity index (χ2n) is 10.2. The molecule has 5 aromatic rings. The van der Waals surface area contributed by atoms with Gasteiger partial charge in [0.25, 0.3) is 0 Å². The first-order valence-corrected chi connectivity index (χ1v) is 13.8. The lowest BCUT2D eigenvalue weighted by atomic mass is 9.96. The third-order valence-electron chi connectivity index (χ3n) is 7.52. The molecule has 2 aromatic carbocycles. The number of aryl methyl sites for hydroxylation is 3. The molecule has 0 bridgehead atoms. The number of aromatic nitrogens is 3. The van der Waals surface area contributed by atoms with Crippen molar-refractivity contribution in [3.05, 3.63) is 131 Å². The molecular formula is C33H31N5OS. The van der Waals surface area contributed by atoms with Gasteiger partial charge in [0.15, 0.2) is 5.11 Å². The lowest BCUT2D eigenvalue weighted by Crippen LogP contribution is -2.29. The summed E-state index contributed by atoms with van der Waals surface area (Å²) in [6.07, 6.45) is 3.68. The molecule has 3 aromatic heterocycles. The molecule has 1 aliphatic rings. The third kappa shape index (κ3) is 4.62. The Morgan fingerprint density at radius 2 is 1.52 bits per heavy atom. The molecule has 2 unspecified atom stereocenters. The van der Waals surface area contributed by atoms with Crippen LogP contribution in [-0.2, 0) is 0 Å². The fraction of sp³-hybridized carbons (Fsp3) is 0.182. The summed E-state index contributed by atoms with van der Waals surface area (Å²) < 4.78 is 8.40. The molecular weight excluding hydrogens is 514 g/mol. The highest BCUT2D eigenvalue weighted by atomic mass is 32.1. The molecule has 40 heavy (non-hydrogen) atoms. The zero-order chi connectivity index (χ0) is 27.8. The minimum absolute atomic E-state index is 0.116. The summed E-state index contributed by atoms with van der Waals surface area (Å²) >= 11 is 5.97. The summed E-state index contributed by atoms with van der Waals surface area (Å²) in [6.45, 7) is 8.42. The second-order valence-corrected chi connectivity index (χ2v) is 10.6. The largest absolute Gasteiger partial charge is 0.457 e. The first-order valence-electron chi connectivity index (χ1n) is 13.4. The van der Waals surface area contributed by atoms with Crippen molar-refractivity contribution in [1.82, 2.24) is 19.9 Å². The van der Waals surface area contributed by atoms with Crippen LogP contribution in [0.3, 0.4) is 0 Å². The van der Waals surface area contributed by atoms with Gasteiger partial charge in [-0.15, -0.1) is 0 Å². The Labute approximate surface area is 240 Å². The predicted molar refractivity (Wildman–Crippen MR) is 163 cm³/mol. The van der Waals surface area contributed by atoms with Crippen LogP contribution in [-0.4, -0.2) is 19.6 Å². The lowest BCUT2D eigenvalue weighted by Gasteiger charge is -2.28. The van der Waals surface area contributed by atoms with Crippen molar-refractivity contribution in [1.29, 1.82) is 0 Å².